The second kappa shape index (κ2) is 11.2. The third-order valence-corrected chi connectivity index (χ3v) is 8.29. The molecule has 0 saturated carbocycles. The highest BCUT2D eigenvalue weighted by Gasteiger charge is 2.39. The number of carbonyl (C=O) groups is 2. The SMILES string of the molecule is O=C(CN1C(=O)CS[C@@H](c2ccccc2F)c2c(-c3ccccc3)nn(-c3ccc(F)cc3)c21)N1CCOCC1. The zero-order chi connectivity index (χ0) is 27.6. The minimum absolute atomic E-state index is 0.0295. The highest BCUT2D eigenvalue weighted by atomic mass is 32.2. The van der Waals surface area contributed by atoms with Crippen LogP contribution in [0, 0.1) is 11.6 Å². The van der Waals surface area contributed by atoms with Crippen molar-refractivity contribution in [2.75, 3.05) is 43.5 Å². The van der Waals surface area contributed by atoms with E-state index in [-0.39, 0.29) is 24.1 Å². The van der Waals surface area contributed by atoms with Gasteiger partial charge in [-0.15, -0.1) is 11.8 Å². The Morgan fingerprint density at radius 1 is 0.950 bits per heavy atom. The predicted molar refractivity (Wildman–Crippen MR) is 149 cm³/mol. The van der Waals surface area contributed by atoms with Gasteiger partial charge in [0.2, 0.25) is 11.8 Å². The molecule has 3 aromatic carbocycles. The van der Waals surface area contributed by atoms with Crippen LogP contribution in [0.5, 0.6) is 0 Å². The fraction of sp³-hybridized carbons (Fsp3) is 0.233. The van der Waals surface area contributed by atoms with Gasteiger partial charge in [0.25, 0.3) is 0 Å². The summed E-state index contributed by atoms with van der Waals surface area (Å²) in [7, 11) is 0. The van der Waals surface area contributed by atoms with Gasteiger partial charge >= 0.3 is 0 Å². The summed E-state index contributed by atoms with van der Waals surface area (Å²) in [5.74, 6) is -0.929. The largest absolute Gasteiger partial charge is 0.378 e. The van der Waals surface area contributed by atoms with E-state index < -0.39 is 16.9 Å². The molecule has 1 saturated heterocycles. The lowest BCUT2D eigenvalue weighted by atomic mass is 9.99. The van der Waals surface area contributed by atoms with Crippen molar-refractivity contribution in [2.24, 2.45) is 0 Å². The Morgan fingerprint density at radius 3 is 2.38 bits per heavy atom. The van der Waals surface area contributed by atoms with Crippen LogP contribution in [0.3, 0.4) is 0 Å². The van der Waals surface area contributed by atoms with Gasteiger partial charge in [-0.3, -0.25) is 14.5 Å². The van der Waals surface area contributed by atoms with E-state index in [1.807, 2.05) is 30.3 Å². The Kier molecular flexibility index (Phi) is 7.36. The lowest BCUT2D eigenvalue weighted by Gasteiger charge is -2.30. The predicted octanol–water partition coefficient (Wildman–Crippen LogP) is 4.85. The number of amides is 2. The third kappa shape index (κ3) is 5.00. The maximum Gasteiger partial charge on any atom is 0.242 e. The maximum absolute atomic E-state index is 15.3. The molecule has 204 valence electrons. The van der Waals surface area contributed by atoms with E-state index in [0.717, 1.165) is 5.56 Å². The Morgan fingerprint density at radius 2 is 1.65 bits per heavy atom. The summed E-state index contributed by atoms with van der Waals surface area (Å²) in [5.41, 5.74) is 2.87. The van der Waals surface area contributed by atoms with Crippen LogP contribution in [0.1, 0.15) is 16.4 Å². The summed E-state index contributed by atoms with van der Waals surface area (Å²) < 4.78 is 36.2. The van der Waals surface area contributed by atoms with E-state index in [9.17, 15) is 14.0 Å². The number of nitrogens with zero attached hydrogens (tertiary/aromatic N) is 4. The van der Waals surface area contributed by atoms with Gasteiger partial charge in [-0.25, -0.2) is 13.5 Å². The monoisotopic (exact) mass is 560 g/mol. The van der Waals surface area contributed by atoms with Crippen LogP contribution in [0.4, 0.5) is 14.6 Å². The minimum atomic E-state index is -0.590. The van der Waals surface area contributed by atoms with Gasteiger partial charge in [0.05, 0.1) is 35.6 Å². The summed E-state index contributed by atoms with van der Waals surface area (Å²) in [6.07, 6.45) is 0. The molecule has 6 rings (SSSR count). The summed E-state index contributed by atoms with van der Waals surface area (Å²) >= 11 is 1.30. The maximum atomic E-state index is 15.3. The molecule has 0 N–H and O–H groups in total. The van der Waals surface area contributed by atoms with Crippen molar-refractivity contribution in [3.8, 4) is 16.9 Å². The van der Waals surface area contributed by atoms with Crippen LogP contribution in [0.2, 0.25) is 0 Å². The molecule has 2 amide bonds. The van der Waals surface area contributed by atoms with Gasteiger partial charge in [0.1, 0.15) is 24.0 Å². The highest BCUT2D eigenvalue weighted by molar-refractivity contribution is 8.00. The third-order valence-electron chi connectivity index (χ3n) is 7.05. The fourth-order valence-electron chi connectivity index (χ4n) is 5.07. The molecule has 2 aliphatic heterocycles. The molecular formula is C30H26F2N4O3S. The lowest BCUT2D eigenvalue weighted by molar-refractivity contribution is -0.134. The van der Waals surface area contributed by atoms with Crippen molar-refractivity contribution in [1.82, 2.24) is 14.7 Å². The number of morpholine rings is 1. The zero-order valence-electron chi connectivity index (χ0n) is 21.5. The smallest absolute Gasteiger partial charge is 0.242 e. The van der Waals surface area contributed by atoms with Gasteiger partial charge in [-0.1, -0.05) is 48.5 Å². The molecule has 1 atom stereocenters. The number of anilines is 1. The Balaban J connectivity index is 1.59. The van der Waals surface area contributed by atoms with E-state index >= 15 is 4.39 Å². The number of carbonyl (C=O) groups excluding carboxylic acids is 2. The number of ether oxygens (including phenoxy) is 1. The molecular weight excluding hydrogens is 534 g/mol. The normalized spacial score (nSPS) is 17.4. The fourth-order valence-corrected chi connectivity index (χ4v) is 6.29. The van der Waals surface area contributed by atoms with Crippen molar-refractivity contribution >= 4 is 29.4 Å². The average Bonchev–Trinajstić information content (AvgIpc) is 3.31. The van der Waals surface area contributed by atoms with Gasteiger partial charge in [0, 0.05) is 29.8 Å². The molecule has 0 radical (unpaired) electrons. The average molecular weight is 561 g/mol. The molecule has 7 nitrogen and oxygen atoms in total. The number of hydrogen-bond acceptors (Lipinski definition) is 5. The molecule has 0 spiro atoms. The number of benzene rings is 3. The van der Waals surface area contributed by atoms with Crippen molar-refractivity contribution in [2.45, 2.75) is 5.25 Å². The van der Waals surface area contributed by atoms with Crippen molar-refractivity contribution < 1.29 is 23.1 Å². The molecule has 1 aromatic heterocycles. The number of aromatic nitrogens is 2. The zero-order valence-corrected chi connectivity index (χ0v) is 22.3. The van der Waals surface area contributed by atoms with Crippen molar-refractivity contribution in [3.05, 3.63) is 102 Å². The second-order valence-corrected chi connectivity index (χ2v) is 10.6. The van der Waals surface area contributed by atoms with Crippen molar-refractivity contribution in [1.29, 1.82) is 0 Å². The summed E-state index contributed by atoms with van der Waals surface area (Å²) in [4.78, 5) is 30.3. The summed E-state index contributed by atoms with van der Waals surface area (Å²) in [6, 6.07) is 21.7. The molecule has 0 bridgehead atoms. The van der Waals surface area contributed by atoms with Crippen LogP contribution < -0.4 is 4.90 Å². The Labute approximate surface area is 234 Å². The van der Waals surface area contributed by atoms with Gasteiger partial charge < -0.3 is 9.64 Å². The van der Waals surface area contributed by atoms with Crippen molar-refractivity contribution in [3.63, 3.8) is 0 Å². The first-order valence-electron chi connectivity index (χ1n) is 13.0. The van der Waals surface area contributed by atoms with Gasteiger partial charge in [-0.05, 0) is 30.3 Å². The first-order chi connectivity index (χ1) is 19.5. The Hall–Kier alpha value is -4.02. The molecule has 0 aliphatic carbocycles. The number of fused-ring (bicyclic) bond motifs is 1. The molecule has 4 aromatic rings. The number of hydrogen-bond donors (Lipinski definition) is 0. The van der Waals surface area contributed by atoms with Crippen LogP contribution >= 0.6 is 11.8 Å². The van der Waals surface area contributed by atoms with E-state index in [4.69, 9.17) is 9.84 Å². The summed E-state index contributed by atoms with van der Waals surface area (Å²) in [5, 5.41) is 4.34. The standard InChI is InChI=1S/C30H26F2N4O3S/c31-21-10-12-22(13-11-21)36-30-27(28(33-36)20-6-2-1-3-7-20)29(23-8-4-5-9-24(23)32)40-19-26(38)35(30)18-25(37)34-14-16-39-17-15-34/h1-13,29H,14-19H2/t29-/m0/s1. The lowest BCUT2D eigenvalue weighted by Crippen LogP contribution is -2.48. The van der Waals surface area contributed by atoms with E-state index in [1.165, 1.54) is 34.9 Å². The van der Waals surface area contributed by atoms with Crippen LogP contribution in [0.15, 0.2) is 78.9 Å². The number of thioether (sulfide) groups is 1. The molecule has 0 unspecified atom stereocenters. The minimum Gasteiger partial charge on any atom is -0.378 e. The van der Waals surface area contributed by atoms with Gasteiger partial charge in [0.15, 0.2) is 0 Å². The van der Waals surface area contributed by atoms with Crippen LogP contribution in [-0.2, 0) is 14.3 Å². The van der Waals surface area contributed by atoms with Crippen LogP contribution in [0.25, 0.3) is 16.9 Å². The first-order valence-corrected chi connectivity index (χ1v) is 14.0. The van der Waals surface area contributed by atoms with E-state index in [0.29, 0.717) is 54.6 Å². The second-order valence-electron chi connectivity index (χ2n) is 9.53. The van der Waals surface area contributed by atoms with Gasteiger partial charge in [-0.2, -0.15) is 5.10 Å². The Bertz CT molecular complexity index is 1540. The molecule has 40 heavy (non-hydrogen) atoms. The quantitative estimate of drug-likeness (QED) is 0.349. The highest BCUT2D eigenvalue weighted by Crippen LogP contribution is 2.49. The number of halogens is 2. The molecule has 1 fully saturated rings. The number of rotatable bonds is 5. The van der Waals surface area contributed by atoms with E-state index in [1.54, 1.807) is 39.9 Å². The molecule has 3 heterocycles. The topological polar surface area (TPSA) is 67.7 Å². The molecule has 10 heteroatoms. The molecule has 2 aliphatic rings. The van der Waals surface area contributed by atoms with Crippen LogP contribution in [-0.4, -0.2) is 65.1 Å². The first kappa shape index (κ1) is 26.2. The summed E-state index contributed by atoms with van der Waals surface area (Å²) in [6.45, 7) is 1.53. The van der Waals surface area contributed by atoms with E-state index in [2.05, 4.69) is 0 Å².